The van der Waals surface area contributed by atoms with Crippen LogP contribution in [0.1, 0.15) is 38.4 Å². The number of nitrogens with one attached hydrogen (secondary N) is 3. The Bertz CT molecular complexity index is 1120. The molecule has 12 heteroatoms. The molecule has 0 radical (unpaired) electrons. The van der Waals surface area contributed by atoms with Crippen molar-refractivity contribution in [3.63, 3.8) is 0 Å². The molecule has 0 atom stereocenters. The van der Waals surface area contributed by atoms with Crippen LogP contribution in [0.5, 0.6) is 0 Å². The highest BCUT2D eigenvalue weighted by Crippen LogP contribution is 2.10. The van der Waals surface area contributed by atoms with E-state index in [4.69, 9.17) is 16.3 Å². The van der Waals surface area contributed by atoms with Gasteiger partial charge in [-0.15, -0.1) is 0 Å². The molecule has 0 bridgehead atoms. The largest absolute Gasteiger partial charge is 0.449 e. The van der Waals surface area contributed by atoms with Crippen LogP contribution < -0.4 is 16.6 Å². The van der Waals surface area contributed by atoms with Gasteiger partial charge in [0.2, 0.25) is 5.28 Å². The maximum absolute atomic E-state index is 12.9. The Morgan fingerprint density at radius 2 is 2.03 bits per heavy atom. The summed E-state index contributed by atoms with van der Waals surface area (Å²) in [7, 11) is 0. The molecule has 0 fully saturated rings. The SMILES string of the molecule is CCCCCn1c(=O)n(CCCNC(=O)OCCc2ncc[nH]2)c(=O)c2[nH]c(Cl)nc21. The normalized spacial score (nSPS) is 11.2. The van der Waals surface area contributed by atoms with Crippen molar-refractivity contribution in [1.29, 1.82) is 0 Å². The summed E-state index contributed by atoms with van der Waals surface area (Å²) in [5.41, 5.74) is -0.443. The lowest BCUT2D eigenvalue weighted by Gasteiger charge is -2.11. The fraction of sp³-hybridized carbons (Fsp3) is 0.526. The van der Waals surface area contributed by atoms with Crippen LogP contribution >= 0.6 is 11.6 Å². The van der Waals surface area contributed by atoms with Gasteiger partial charge in [0.1, 0.15) is 12.4 Å². The number of ether oxygens (including phenoxy) is 1. The number of aryl methyl sites for hydroxylation is 1. The zero-order chi connectivity index (χ0) is 22.2. The third kappa shape index (κ3) is 5.75. The van der Waals surface area contributed by atoms with E-state index in [1.165, 1.54) is 4.57 Å². The number of aromatic nitrogens is 6. The summed E-state index contributed by atoms with van der Waals surface area (Å²) in [5.74, 6) is 0.733. The number of rotatable bonds is 11. The summed E-state index contributed by atoms with van der Waals surface area (Å²) in [4.78, 5) is 51.2. The number of carbonyl (C=O) groups excluding carboxylic acids is 1. The van der Waals surface area contributed by atoms with Crippen LogP contribution in [0.4, 0.5) is 4.79 Å². The first-order valence-electron chi connectivity index (χ1n) is 10.3. The Hall–Kier alpha value is -3.08. The van der Waals surface area contributed by atoms with Gasteiger partial charge < -0.3 is 20.0 Å². The van der Waals surface area contributed by atoms with Gasteiger partial charge in [-0.3, -0.25) is 13.9 Å². The van der Waals surface area contributed by atoms with Gasteiger partial charge in [0.05, 0.1) is 0 Å². The number of carbonyl (C=O) groups is 1. The fourth-order valence-electron chi connectivity index (χ4n) is 3.21. The summed E-state index contributed by atoms with van der Waals surface area (Å²) in [6.45, 7) is 3.11. The van der Waals surface area contributed by atoms with Crippen LogP contribution in [0.2, 0.25) is 5.28 Å². The molecule has 3 rings (SSSR count). The maximum atomic E-state index is 12.9. The number of amides is 1. The number of imidazole rings is 2. The van der Waals surface area contributed by atoms with Crippen molar-refractivity contribution in [2.75, 3.05) is 13.2 Å². The number of aromatic amines is 2. The lowest BCUT2D eigenvalue weighted by Crippen LogP contribution is -2.41. The van der Waals surface area contributed by atoms with E-state index in [2.05, 4.69) is 32.2 Å². The highest BCUT2D eigenvalue weighted by atomic mass is 35.5. The van der Waals surface area contributed by atoms with Crippen molar-refractivity contribution in [1.82, 2.24) is 34.4 Å². The van der Waals surface area contributed by atoms with Crippen molar-refractivity contribution in [3.8, 4) is 0 Å². The summed E-state index contributed by atoms with van der Waals surface area (Å²) in [6, 6.07) is 0. The average molecular weight is 452 g/mol. The molecule has 3 N–H and O–H groups in total. The second-order valence-corrected chi connectivity index (χ2v) is 7.38. The molecule has 0 saturated carbocycles. The van der Waals surface area contributed by atoms with Crippen molar-refractivity contribution in [2.45, 2.75) is 52.1 Å². The molecule has 3 aromatic rings. The first-order chi connectivity index (χ1) is 15.0. The summed E-state index contributed by atoms with van der Waals surface area (Å²) >= 11 is 5.93. The average Bonchev–Trinajstić information content (AvgIpc) is 3.39. The monoisotopic (exact) mass is 451 g/mol. The fourth-order valence-corrected chi connectivity index (χ4v) is 3.39. The third-order valence-corrected chi connectivity index (χ3v) is 4.95. The van der Waals surface area contributed by atoms with Crippen molar-refractivity contribution in [3.05, 3.63) is 44.3 Å². The van der Waals surface area contributed by atoms with Gasteiger partial charge in [-0.25, -0.2) is 14.6 Å². The molecule has 1 amide bonds. The molecule has 0 aliphatic carbocycles. The molecule has 0 saturated heterocycles. The number of hydrogen-bond acceptors (Lipinski definition) is 6. The topological polar surface area (TPSA) is 140 Å². The standard InChI is InChI=1S/C19H26ClN7O4/c1-2-3-4-10-26-15-14(24-17(20)25-15)16(28)27(19(26)30)11-5-7-23-18(29)31-12-6-13-21-8-9-22-13/h8-9H,2-7,10-12H2,1H3,(H,21,22)(H,23,29)(H,24,25). The number of H-pyrrole nitrogens is 2. The van der Waals surface area contributed by atoms with Gasteiger partial charge in [-0.2, -0.15) is 4.98 Å². The van der Waals surface area contributed by atoms with Gasteiger partial charge >= 0.3 is 11.8 Å². The lowest BCUT2D eigenvalue weighted by molar-refractivity contribution is 0.146. The Morgan fingerprint density at radius 3 is 2.77 bits per heavy atom. The number of alkyl carbamates (subject to hydrolysis) is 1. The maximum Gasteiger partial charge on any atom is 0.407 e. The smallest absolute Gasteiger partial charge is 0.407 e. The van der Waals surface area contributed by atoms with Crippen LogP contribution in [-0.2, 0) is 24.2 Å². The summed E-state index contributed by atoms with van der Waals surface area (Å²) in [6.07, 6.45) is 6.38. The van der Waals surface area contributed by atoms with E-state index in [0.717, 1.165) is 29.7 Å². The third-order valence-electron chi connectivity index (χ3n) is 4.77. The highest BCUT2D eigenvalue weighted by Gasteiger charge is 2.16. The number of nitrogens with zero attached hydrogens (tertiary/aromatic N) is 4. The Morgan fingerprint density at radius 1 is 1.23 bits per heavy atom. The molecular weight excluding hydrogens is 426 g/mol. The van der Waals surface area contributed by atoms with E-state index in [1.54, 1.807) is 12.4 Å². The molecule has 31 heavy (non-hydrogen) atoms. The van der Waals surface area contributed by atoms with E-state index in [-0.39, 0.29) is 36.1 Å². The van der Waals surface area contributed by atoms with E-state index >= 15 is 0 Å². The molecule has 3 aromatic heterocycles. The minimum atomic E-state index is -0.563. The number of hydrogen-bond donors (Lipinski definition) is 3. The first kappa shape index (κ1) is 22.6. The van der Waals surface area contributed by atoms with E-state index < -0.39 is 17.3 Å². The predicted octanol–water partition coefficient (Wildman–Crippen LogP) is 1.81. The summed E-state index contributed by atoms with van der Waals surface area (Å²) in [5, 5.41) is 2.67. The molecule has 3 heterocycles. The van der Waals surface area contributed by atoms with Crippen molar-refractivity contribution >= 4 is 28.9 Å². The van der Waals surface area contributed by atoms with Crippen LogP contribution in [0, 0.1) is 0 Å². The zero-order valence-electron chi connectivity index (χ0n) is 17.3. The number of halogens is 1. The quantitative estimate of drug-likeness (QED) is 0.300. The van der Waals surface area contributed by atoms with Crippen LogP contribution in [-0.4, -0.2) is 48.3 Å². The minimum absolute atomic E-state index is 0.0625. The van der Waals surface area contributed by atoms with Crippen molar-refractivity contribution in [2.24, 2.45) is 0 Å². The number of fused-ring (bicyclic) bond motifs is 1. The zero-order valence-corrected chi connectivity index (χ0v) is 18.1. The molecule has 0 unspecified atom stereocenters. The molecular formula is C19H26ClN7O4. The Labute approximate surface area is 182 Å². The predicted molar refractivity (Wildman–Crippen MR) is 115 cm³/mol. The molecule has 0 aliphatic rings. The lowest BCUT2D eigenvalue weighted by atomic mass is 10.2. The van der Waals surface area contributed by atoms with Crippen LogP contribution in [0.3, 0.4) is 0 Å². The van der Waals surface area contributed by atoms with Gasteiger partial charge in [-0.05, 0) is 24.4 Å². The van der Waals surface area contributed by atoms with Crippen LogP contribution in [0.15, 0.2) is 22.0 Å². The van der Waals surface area contributed by atoms with Gasteiger partial charge in [0.15, 0.2) is 11.2 Å². The van der Waals surface area contributed by atoms with E-state index in [9.17, 15) is 14.4 Å². The molecule has 0 aromatic carbocycles. The van der Waals surface area contributed by atoms with Gasteiger partial charge in [0, 0.05) is 38.4 Å². The van der Waals surface area contributed by atoms with Crippen LogP contribution in [0.25, 0.3) is 11.2 Å². The van der Waals surface area contributed by atoms with Gasteiger partial charge in [-0.1, -0.05) is 19.8 Å². The minimum Gasteiger partial charge on any atom is -0.449 e. The molecule has 0 aliphatic heterocycles. The first-order valence-corrected chi connectivity index (χ1v) is 10.7. The highest BCUT2D eigenvalue weighted by molar-refractivity contribution is 6.28. The van der Waals surface area contributed by atoms with E-state index in [1.807, 2.05) is 0 Å². The number of unbranched alkanes of at least 4 members (excludes halogenated alkanes) is 2. The van der Waals surface area contributed by atoms with Crippen molar-refractivity contribution < 1.29 is 9.53 Å². The van der Waals surface area contributed by atoms with Gasteiger partial charge in [0.25, 0.3) is 5.56 Å². The molecule has 168 valence electrons. The Kier molecular flexibility index (Phi) is 7.88. The second kappa shape index (κ2) is 10.8. The molecule has 11 nitrogen and oxygen atoms in total. The molecule has 0 spiro atoms. The second-order valence-electron chi connectivity index (χ2n) is 7.03. The van der Waals surface area contributed by atoms with E-state index in [0.29, 0.717) is 19.4 Å². The Balaban J connectivity index is 1.58. The summed E-state index contributed by atoms with van der Waals surface area (Å²) < 4.78 is 7.70.